The van der Waals surface area contributed by atoms with Crippen molar-refractivity contribution in [2.45, 2.75) is 26.2 Å². The number of nitrogens with one attached hydrogen (secondary N) is 2. The van der Waals surface area contributed by atoms with Crippen LogP contribution in [0.1, 0.15) is 26.2 Å². The molecule has 1 aliphatic rings. The summed E-state index contributed by atoms with van der Waals surface area (Å²) in [6, 6.07) is 5.82. The van der Waals surface area contributed by atoms with Gasteiger partial charge in [-0.3, -0.25) is 10.1 Å². The van der Waals surface area contributed by atoms with Crippen molar-refractivity contribution in [1.29, 1.82) is 0 Å². The molecular formula is C16H22N3O2S+. The van der Waals surface area contributed by atoms with Gasteiger partial charge in [-0.25, -0.2) is 4.98 Å². The molecule has 2 heterocycles. The van der Waals surface area contributed by atoms with E-state index in [0.717, 1.165) is 29.1 Å². The minimum absolute atomic E-state index is 0.0565. The van der Waals surface area contributed by atoms with E-state index in [1.807, 2.05) is 25.1 Å². The molecule has 0 spiro atoms. The van der Waals surface area contributed by atoms with Crippen LogP contribution in [0.25, 0.3) is 10.2 Å². The van der Waals surface area contributed by atoms with Crippen LogP contribution in [0.4, 0.5) is 5.13 Å². The van der Waals surface area contributed by atoms with Crippen molar-refractivity contribution in [2.75, 3.05) is 31.6 Å². The Hall–Kier alpha value is -1.66. The van der Waals surface area contributed by atoms with E-state index in [0.29, 0.717) is 18.3 Å². The largest absolute Gasteiger partial charge is 0.494 e. The predicted molar refractivity (Wildman–Crippen MR) is 88.8 cm³/mol. The lowest BCUT2D eigenvalue weighted by atomic mass is 10.1. The van der Waals surface area contributed by atoms with Gasteiger partial charge in [0, 0.05) is 0 Å². The standard InChI is InChI=1S/C16H21N3O2S/c1-2-21-12-6-7-13-14(10-12)22-16(17-13)18-15(20)11-19-8-4-3-5-9-19/h6-7,10H,2-5,8-9,11H2,1H3,(H,17,18,20)/p+1. The van der Waals surface area contributed by atoms with Gasteiger partial charge in [-0.05, 0) is 44.4 Å². The fraction of sp³-hybridized carbons (Fsp3) is 0.500. The Balaban J connectivity index is 1.64. The van der Waals surface area contributed by atoms with Crippen LogP contribution < -0.4 is 15.0 Å². The molecule has 3 rings (SSSR count). The number of quaternary nitrogens is 1. The maximum atomic E-state index is 12.1. The number of piperidine rings is 1. The second-order valence-electron chi connectivity index (χ2n) is 5.62. The van der Waals surface area contributed by atoms with Gasteiger partial charge < -0.3 is 9.64 Å². The second kappa shape index (κ2) is 7.07. The van der Waals surface area contributed by atoms with E-state index < -0.39 is 0 Å². The van der Waals surface area contributed by atoms with Gasteiger partial charge in [-0.15, -0.1) is 0 Å². The van der Waals surface area contributed by atoms with Gasteiger partial charge in [0.05, 0.1) is 29.9 Å². The number of rotatable bonds is 5. The number of thiazole rings is 1. The number of fused-ring (bicyclic) bond motifs is 1. The molecule has 118 valence electrons. The molecule has 2 aromatic rings. The molecule has 1 aromatic carbocycles. The van der Waals surface area contributed by atoms with E-state index in [-0.39, 0.29) is 5.91 Å². The van der Waals surface area contributed by atoms with E-state index in [1.54, 1.807) is 0 Å². The minimum atomic E-state index is 0.0565. The van der Waals surface area contributed by atoms with Crippen molar-refractivity contribution in [3.05, 3.63) is 18.2 Å². The van der Waals surface area contributed by atoms with Gasteiger partial charge in [0.1, 0.15) is 5.75 Å². The number of carbonyl (C=O) groups excluding carboxylic acids is 1. The molecule has 0 unspecified atom stereocenters. The summed E-state index contributed by atoms with van der Waals surface area (Å²) in [5.41, 5.74) is 0.897. The van der Waals surface area contributed by atoms with Gasteiger partial charge in [0.2, 0.25) is 0 Å². The highest BCUT2D eigenvalue weighted by Crippen LogP contribution is 2.29. The van der Waals surface area contributed by atoms with E-state index in [1.165, 1.54) is 35.5 Å². The Morgan fingerprint density at radius 2 is 2.18 bits per heavy atom. The van der Waals surface area contributed by atoms with Crippen molar-refractivity contribution in [3.63, 3.8) is 0 Å². The van der Waals surface area contributed by atoms with Crippen LogP contribution in [-0.2, 0) is 4.79 Å². The molecule has 1 aliphatic heterocycles. The molecule has 0 radical (unpaired) electrons. The summed E-state index contributed by atoms with van der Waals surface area (Å²) in [6.07, 6.45) is 3.75. The number of amides is 1. The minimum Gasteiger partial charge on any atom is -0.494 e. The maximum absolute atomic E-state index is 12.1. The summed E-state index contributed by atoms with van der Waals surface area (Å²) in [7, 11) is 0. The number of nitrogens with zero attached hydrogens (tertiary/aromatic N) is 1. The maximum Gasteiger partial charge on any atom is 0.281 e. The van der Waals surface area contributed by atoms with Crippen LogP contribution in [-0.4, -0.2) is 37.1 Å². The van der Waals surface area contributed by atoms with Gasteiger partial charge in [-0.2, -0.15) is 0 Å². The molecule has 5 nitrogen and oxygen atoms in total. The lowest BCUT2D eigenvalue weighted by Gasteiger charge is -2.22. The summed E-state index contributed by atoms with van der Waals surface area (Å²) < 4.78 is 6.53. The summed E-state index contributed by atoms with van der Waals surface area (Å²) >= 11 is 1.50. The van der Waals surface area contributed by atoms with Crippen molar-refractivity contribution in [2.24, 2.45) is 0 Å². The lowest BCUT2D eigenvalue weighted by molar-refractivity contribution is -0.896. The zero-order valence-corrected chi connectivity index (χ0v) is 13.7. The van der Waals surface area contributed by atoms with Crippen molar-refractivity contribution < 1.29 is 14.4 Å². The molecule has 6 heteroatoms. The third-order valence-corrected chi connectivity index (χ3v) is 4.82. The third kappa shape index (κ3) is 3.75. The molecule has 22 heavy (non-hydrogen) atoms. The van der Waals surface area contributed by atoms with Gasteiger partial charge in [-0.1, -0.05) is 11.3 Å². The van der Waals surface area contributed by atoms with E-state index in [9.17, 15) is 4.79 Å². The van der Waals surface area contributed by atoms with Gasteiger partial charge in [0.25, 0.3) is 5.91 Å². The average molecular weight is 320 g/mol. The molecular weight excluding hydrogens is 298 g/mol. The number of carbonyl (C=O) groups is 1. The summed E-state index contributed by atoms with van der Waals surface area (Å²) in [5.74, 6) is 0.898. The first kappa shape index (κ1) is 15.2. The molecule has 1 fully saturated rings. The second-order valence-corrected chi connectivity index (χ2v) is 6.65. The number of hydrogen-bond acceptors (Lipinski definition) is 4. The van der Waals surface area contributed by atoms with Crippen LogP contribution in [0.15, 0.2) is 18.2 Å². The first-order valence-electron chi connectivity index (χ1n) is 7.91. The Kier molecular flexibility index (Phi) is 4.90. The molecule has 0 atom stereocenters. The molecule has 2 N–H and O–H groups in total. The molecule has 0 aliphatic carbocycles. The molecule has 1 aromatic heterocycles. The Bertz CT molecular complexity index is 650. The molecule has 1 amide bonds. The normalized spacial score (nSPS) is 15.9. The number of benzene rings is 1. The molecule has 0 bridgehead atoms. The van der Waals surface area contributed by atoms with Crippen molar-refractivity contribution >= 4 is 32.6 Å². The zero-order chi connectivity index (χ0) is 15.4. The molecule has 0 saturated carbocycles. The number of aromatic nitrogens is 1. The average Bonchev–Trinajstić information content (AvgIpc) is 2.89. The topological polar surface area (TPSA) is 55.7 Å². The van der Waals surface area contributed by atoms with Crippen LogP contribution in [0.5, 0.6) is 5.75 Å². The van der Waals surface area contributed by atoms with Crippen LogP contribution >= 0.6 is 11.3 Å². The highest BCUT2D eigenvalue weighted by molar-refractivity contribution is 7.22. The SMILES string of the molecule is CCOc1ccc2nc(NC(=O)C[NH+]3CCCCC3)sc2c1. The zero-order valence-electron chi connectivity index (χ0n) is 12.9. The number of hydrogen-bond donors (Lipinski definition) is 2. The number of ether oxygens (including phenoxy) is 1. The Morgan fingerprint density at radius 1 is 1.36 bits per heavy atom. The van der Waals surface area contributed by atoms with Crippen molar-refractivity contribution in [1.82, 2.24) is 4.98 Å². The van der Waals surface area contributed by atoms with Gasteiger partial charge >= 0.3 is 0 Å². The van der Waals surface area contributed by atoms with Gasteiger partial charge in [0.15, 0.2) is 11.7 Å². The van der Waals surface area contributed by atoms with E-state index in [4.69, 9.17) is 4.74 Å². The highest BCUT2D eigenvalue weighted by atomic mass is 32.1. The lowest BCUT2D eigenvalue weighted by Crippen LogP contribution is -3.13. The van der Waals surface area contributed by atoms with Crippen LogP contribution in [0.3, 0.4) is 0 Å². The fourth-order valence-electron chi connectivity index (χ4n) is 2.83. The van der Waals surface area contributed by atoms with Crippen LogP contribution in [0.2, 0.25) is 0 Å². The summed E-state index contributed by atoms with van der Waals surface area (Å²) in [6.45, 7) is 5.36. The van der Waals surface area contributed by atoms with Crippen molar-refractivity contribution in [3.8, 4) is 5.75 Å². The fourth-order valence-corrected chi connectivity index (χ4v) is 3.74. The Labute approximate surface area is 134 Å². The third-order valence-electron chi connectivity index (χ3n) is 3.89. The number of anilines is 1. The summed E-state index contributed by atoms with van der Waals surface area (Å²) in [4.78, 5) is 18.0. The molecule has 1 saturated heterocycles. The first-order chi connectivity index (χ1) is 10.7. The van der Waals surface area contributed by atoms with E-state index in [2.05, 4.69) is 10.3 Å². The highest BCUT2D eigenvalue weighted by Gasteiger charge is 2.18. The van der Waals surface area contributed by atoms with Crippen LogP contribution in [0, 0.1) is 0 Å². The Morgan fingerprint density at radius 3 is 2.95 bits per heavy atom. The quantitative estimate of drug-likeness (QED) is 0.882. The number of likely N-dealkylation sites (tertiary alicyclic amines) is 1. The monoisotopic (exact) mass is 320 g/mol. The smallest absolute Gasteiger partial charge is 0.281 e. The van der Waals surface area contributed by atoms with E-state index >= 15 is 0 Å². The predicted octanol–water partition coefficient (Wildman–Crippen LogP) is 1.70. The first-order valence-corrected chi connectivity index (χ1v) is 8.73. The summed E-state index contributed by atoms with van der Waals surface area (Å²) in [5, 5.41) is 3.61.